The summed E-state index contributed by atoms with van der Waals surface area (Å²) in [6, 6.07) is 3.50. The van der Waals surface area contributed by atoms with Gasteiger partial charge in [-0.1, -0.05) is 6.07 Å². The van der Waals surface area contributed by atoms with Crippen molar-refractivity contribution in [2.24, 2.45) is 0 Å². The average molecular weight is 290 g/mol. The number of nitro benzene ring substituents is 1. The maximum atomic E-state index is 11.3. The molecule has 0 radical (unpaired) electrons. The molecule has 0 atom stereocenters. The van der Waals surface area contributed by atoms with Crippen LogP contribution in [0.3, 0.4) is 0 Å². The number of hydrogen-bond donors (Lipinski definition) is 1. The molecule has 2 aliphatic rings. The van der Waals surface area contributed by atoms with Gasteiger partial charge >= 0.3 is 7.12 Å². The van der Waals surface area contributed by atoms with E-state index in [0.717, 1.165) is 18.5 Å². The third kappa shape index (κ3) is 2.20. The molecule has 1 aromatic carbocycles. The zero-order valence-electron chi connectivity index (χ0n) is 12.7. The molecule has 7 heteroatoms. The molecule has 21 heavy (non-hydrogen) atoms. The molecule has 0 aromatic heterocycles. The normalized spacial score (nSPS) is 22.0. The standard InChI is InChI=1S/C14H19BN2O4/c1-13(2)14(3,4)21-15(20-13)10-7-9-5-6-16-12(9)11(8-10)17(18)19/h7-8,16H,5-6H2,1-4H3. The molecule has 0 aliphatic carbocycles. The Morgan fingerprint density at radius 1 is 1.24 bits per heavy atom. The number of nitrogens with zero attached hydrogens (tertiary/aromatic N) is 1. The Kier molecular flexibility index (Phi) is 3.04. The van der Waals surface area contributed by atoms with E-state index >= 15 is 0 Å². The first kappa shape index (κ1) is 14.3. The molecule has 3 rings (SSSR count). The van der Waals surface area contributed by atoms with Crippen LogP contribution in [0.15, 0.2) is 12.1 Å². The summed E-state index contributed by atoms with van der Waals surface area (Å²) in [6.45, 7) is 8.60. The largest absolute Gasteiger partial charge is 0.495 e. The zero-order chi connectivity index (χ0) is 15.4. The molecule has 0 saturated carbocycles. The van der Waals surface area contributed by atoms with Gasteiger partial charge in [-0.25, -0.2) is 0 Å². The van der Waals surface area contributed by atoms with Crippen LogP contribution in [0.4, 0.5) is 11.4 Å². The van der Waals surface area contributed by atoms with Crippen molar-refractivity contribution < 1.29 is 14.2 Å². The monoisotopic (exact) mass is 290 g/mol. The maximum Gasteiger partial charge on any atom is 0.495 e. The van der Waals surface area contributed by atoms with E-state index in [2.05, 4.69) is 5.32 Å². The Balaban J connectivity index is 2.01. The van der Waals surface area contributed by atoms with E-state index in [9.17, 15) is 10.1 Å². The molecule has 0 amide bonds. The van der Waals surface area contributed by atoms with E-state index in [4.69, 9.17) is 9.31 Å². The van der Waals surface area contributed by atoms with Gasteiger partial charge in [0.25, 0.3) is 5.69 Å². The topological polar surface area (TPSA) is 73.6 Å². The lowest BCUT2D eigenvalue weighted by atomic mass is 9.77. The Morgan fingerprint density at radius 3 is 2.43 bits per heavy atom. The lowest BCUT2D eigenvalue weighted by molar-refractivity contribution is -0.383. The predicted molar refractivity (Wildman–Crippen MR) is 81.0 cm³/mol. The number of nitrogens with one attached hydrogen (secondary N) is 1. The number of hydrogen-bond acceptors (Lipinski definition) is 5. The summed E-state index contributed by atoms with van der Waals surface area (Å²) in [5.41, 5.74) is 1.47. The molecule has 0 spiro atoms. The summed E-state index contributed by atoms with van der Waals surface area (Å²) < 4.78 is 12.0. The van der Waals surface area contributed by atoms with Gasteiger partial charge in [0.15, 0.2) is 0 Å². The molecule has 112 valence electrons. The molecule has 2 aliphatic heterocycles. The van der Waals surface area contributed by atoms with E-state index in [0.29, 0.717) is 11.2 Å². The second-order valence-corrected chi connectivity index (χ2v) is 6.60. The summed E-state index contributed by atoms with van der Waals surface area (Å²) in [4.78, 5) is 10.9. The fourth-order valence-electron chi connectivity index (χ4n) is 2.69. The van der Waals surface area contributed by atoms with Crippen LogP contribution in [0.5, 0.6) is 0 Å². The minimum atomic E-state index is -0.570. The highest BCUT2D eigenvalue weighted by molar-refractivity contribution is 6.62. The van der Waals surface area contributed by atoms with E-state index in [-0.39, 0.29) is 10.6 Å². The van der Waals surface area contributed by atoms with Crippen molar-refractivity contribution >= 4 is 24.0 Å². The minimum absolute atomic E-state index is 0.0923. The Labute approximate surface area is 124 Å². The van der Waals surface area contributed by atoms with Crippen molar-refractivity contribution in [1.82, 2.24) is 0 Å². The molecule has 1 fully saturated rings. The van der Waals surface area contributed by atoms with Crippen LogP contribution in [-0.4, -0.2) is 29.8 Å². The summed E-state index contributed by atoms with van der Waals surface area (Å²) in [6.07, 6.45) is 0.781. The quantitative estimate of drug-likeness (QED) is 0.511. The van der Waals surface area contributed by atoms with Crippen molar-refractivity contribution in [1.29, 1.82) is 0 Å². The number of anilines is 1. The molecule has 1 aromatic rings. The summed E-state index contributed by atoms with van der Waals surface area (Å²) in [7, 11) is -0.570. The highest BCUT2D eigenvalue weighted by Crippen LogP contribution is 2.38. The molecule has 1 saturated heterocycles. The summed E-state index contributed by atoms with van der Waals surface area (Å²) >= 11 is 0. The van der Waals surface area contributed by atoms with Crippen molar-refractivity contribution in [2.45, 2.75) is 45.3 Å². The van der Waals surface area contributed by atoms with Gasteiger partial charge in [-0.2, -0.15) is 0 Å². The van der Waals surface area contributed by atoms with Gasteiger partial charge in [0.1, 0.15) is 5.69 Å². The Hall–Kier alpha value is -1.60. The first-order valence-corrected chi connectivity index (χ1v) is 7.12. The van der Waals surface area contributed by atoms with Crippen molar-refractivity contribution in [2.75, 3.05) is 11.9 Å². The molecule has 0 bridgehead atoms. The number of nitro groups is 1. The number of rotatable bonds is 2. The Bertz CT molecular complexity index is 599. The summed E-state index contributed by atoms with van der Waals surface area (Å²) in [5.74, 6) is 0. The van der Waals surface area contributed by atoms with Gasteiger partial charge in [0.05, 0.1) is 16.1 Å². The third-order valence-electron chi connectivity index (χ3n) is 4.64. The van der Waals surface area contributed by atoms with Crippen LogP contribution in [-0.2, 0) is 15.7 Å². The van der Waals surface area contributed by atoms with Gasteiger partial charge in [-0.15, -0.1) is 0 Å². The predicted octanol–water partition coefficient (Wildman–Crippen LogP) is 1.86. The second-order valence-electron chi connectivity index (χ2n) is 6.60. The van der Waals surface area contributed by atoms with Crippen LogP contribution in [0.25, 0.3) is 0 Å². The van der Waals surface area contributed by atoms with Crippen LogP contribution in [0.2, 0.25) is 0 Å². The van der Waals surface area contributed by atoms with Crippen molar-refractivity contribution in [3.05, 3.63) is 27.8 Å². The van der Waals surface area contributed by atoms with E-state index in [1.165, 1.54) is 0 Å². The number of fused-ring (bicyclic) bond motifs is 1. The van der Waals surface area contributed by atoms with E-state index in [1.54, 1.807) is 6.07 Å². The molecular formula is C14H19BN2O4. The lowest BCUT2D eigenvalue weighted by Gasteiger charge is -2.32. The first-order valence-electron chi connectivity index (χ1n) is 7.12. The number of benzene rings is 1. The highest BCUT2D eigenvalue weighted by Gasteiger charge is 2.52. The average Bonchev–Trinajstić information content (AvgIpc) is 2.90. The Morgan fingerprint density at radius 2 is 1.86 bits per heavy atom. The van der Waals surface area contributed by atoms with Gasteiger partial charge in [-0.3, -0.25) is 10.1 Å². The molecule has 2 heterocycles. The van der Waals surface area contributed by atoms with Crippen LogP contribution in [0, 0.1) is 10.1 Å². The SMILES string of the molecule is CC1(C)OB(c2cc3c(c([N+](=O)[O-])c2)NCC3)OC1(C)C. The van der Waals surface area contributed by atoms with Gasteiger partial charge in [0, 0.05) is 12.6 Å². The van der Waals surface area contributed by atoms with E-state index < -0.39 is 18.3 Å². The molecule has 1 N–H and O–H groups in total. The van der Waals surface area contributed by atoms with Gasteiger partial charge < -0.3 is 14.6 Å². The molecular weight excluding hydrogens is 271 g/mol. The lowest BCUT2D eigenvalue weighted by Crippen LogP contribution is -2.41. The van der Waals surface area contributed by atoms with Crippen LogP contribution >= 0.6 is 0 Å². The maximum absolute atomic E-state index is 11.3. The third-order valence-corrected chi connectivity index (χ3v) is 4.64. The van der Waals surface area contributed by atoms with Crippen LogP contribution < -0.4 is 10.8 Å². The van der Waals surface area contributed by atoms with Gasteiger partial charge in [-0.05, 0) is 45.1 Å². The van der Waals surface area contributed by atoms with Gasteiger partial charge in [0.2, 0.25) is 0 Å². The van der Waals surface area contributed by atoms with E-state index in [1.807, 2.05) is 33.8 Å². The van der Waals surface area contributed by atoms with Crippen molar-refractivity contribution in [3.8, 4) is 0 Å². The molecule has 0 unspecified atom stereocenters. The smallest absolute Gasteiger partial charge is 0.399 e. The highest BCUT2D eigenvalue weighted by atomic mass is 16.7. The summed E-state index contributed by atoms with van der Waals surface area (Å²) in [5, 5.41) is 14.3. The zero-order valence-corrected chi connectivity index (χ0v) is 12.7. The molecule has 6 nitrogen and oxygen atoms in total. The first-order chi connectivity index (χ1) is 9.71. The fourth-order valence-corrected chi connectivity index (χ4v) is 2.69. The van der Waals surface area contributed by atoms with Crippen molar-refractivity contribution in [3.63, 3.8) is 0 Å². The van der Waals surface area contributed by atoms with Crippen LogP contribution in [0.1, 0.15) is 33.3 Å². The minimum Gasteiger partial charge on any atom is -0.399 e. The second kappa shape index (κ2) is 4.45. The fraction of sp³-hybridized carbons (Fsp3) is 0.571.